The highest BCUT2D eigenvalue weighted by Gasteiger charge is 2.33. The molecule has 4 N–H and O–H groups in total. The summed E-state index contributed by atoms with van der Waals surface area (Å²) in [6, 6.07) is 7.91. The lowest BCUT2D eigenvalue weighted by Crippen LogP contribution is -2.33. The Balaban J connectivity index is 1.62. The number of anilines is 1. The molecule has 0 atom stereocenters. The van der Waals surface area contributed by atoms with E-state index in [0.717, 1.165) is 61.7 Å². The van der Waals surface area contributed by atoms with E-state index in [2.05, 4.69) is 10.3 Å². The van der Waals surface area contributed by atoms with E-state index >= 15 is 0 Å². The summed E-state index contributed by atoms with van der Waals surface area (Å²) < 4.78 is 27.9. The maximum absolute atomic E-state index is 14.0. The van der Waals surface area contributed by atoms with Gasteiger partial charge in [0.05, 0.1) is 16.8 Å². The molecule has 1 aromatic heterocycles. The van der Waals surface area contributed by atoms with Gasteiger partial charge >= 0.3 is 0 Å². The Labute approximate surface area is 184 Å². The number of Topliss-reactive ketones (excluding diaryl/α,β-unsaturated/α-hetero) is 1. The minimum atomic E-state index is -1.02. The smallest absolute Gasteiger partial charge is 0.187 e. The van der Waals surface area contributed by atoms with Gasteiger partial charge in [-0.05, 0) is 73.9 Å². The second-order valence-corrected chi connectivity index (χ2v) is 8.96. The molecular formula is C25H25F2N3O2. The molecule has 166 valence electrons. The highest BCUT2D eigenvalue weighted by Crippen LogP contribution is 2.39. The van der Waals surface area contributed by atoms with Crippen molar-refractivity contribution in [3.05, 3.63) is 53.7 Å². The molecule has 7 heteroatoms. The third-order valence-electron chi connectivity index (χ3n) is 6.55. The number of ketones is 1. The maximum atomic E-state index is 14.0. The minimum Gasteiger partial charge on any atom is -0.503 e. The zero-order valence-electron chi connectivity index (χ0n) is 17.6. The summed E-state index contributed by atoms with van der Waals surface area (Å²) in [5.74, 6) is -2.91. The van der Waals surface area contributed by atoms with Crippen molar-refractivity contribution in [2.45, 2.75) is 50.6 Å². The van der Waals surface area contributed by atoms with Crippen LogP contribution in [-0.2, 0) is 0 Å². The lowest BCUT2D eigenvalue weighted by atomic mass is 9.91. The number of phenols is 1. The molecule has 3 aromatic rings. The van der Waals surface area contributed by atoms with Gasteiger partial charge in [0.1, 0.15) is 0 Å². The number of aromatic nitrogens is 1. The highest BCUT2D eigenvalue weighted by molar-refractivity contribution is 6.10. The Morgan fingerprint density at radius 2 is 1.69 bits per heavy atom. The van der Waals surface area contributed by atoms with Gasteiger partial charge in [-0.3, -0.25) is 9.78 Å². The Bertz CT molecular complexity index is 1180. The summed E-state index contributed by atoms with van der Waals surface area (Å²) in [7, 11) is 0. The summed E-state index contributed by atoms with van der Waals surface area (Å²) in [5, 5.41) is 13.8. The number of nitrogens with zero attached hydrogens (tertiary/aromatic N) is 1. The highest BCUT2D eigenvalue weighted by atomic mass is 19.1. The molecule has 1 heterocycles. The van der Waals surface area contributed by atoms with E-state index in [9.17, 15) is 18.7 Å². The van der Waals surface area contributed by atoms with Crippen molar-refractivity contribution in [3.8, 4) is 16.9 Å². The fraction of sp³-hybridized carbons (Fsp3) is 0.360. The second kappa shape index (κ2) is 8.13. The first-order chi connectivity index (χ1) is 15.4. The van der Waals surface area contributed by atoms with Crippen LogP contribution in [0.25, 0.3) is 22.0 Å². The number of fused-ring (bicyclic) bond motifs is 1. The number of phenolic OH excluding ortho intramolecular Hbond substituents is 1. The number of carbonyl (C=O) groups excluding carboxylic acids is 1. The fourth-order valence-electron chi connectivity index (χ4n) is 4.48. The van der Waals surface area contributed by atoms with Gasteiger partial charge in [-0.25, -0.2) is 8.78 Å². The van der Waals surface area contributed by atoms with Gasteiger partial charge in [-0.2, -0.15) is 0 Å². The van der Waals surface area contributed by atoms with Crippen LogP contribution in [0.5, 0.6) is 5.75 Å². The number of benzene rings is 2. The lowest BCUT2D eigenvalue weighted by Gasteiger charge is -2.29. The van der Waals surface area contributed by atoms with Crippen LogP contribution < -0.4 is 11.1 Å². The summed E-state index contributed by atoms with van der Waals surface area (Å²) in [6.07, 6.45) is 7.08. The normalized spacial score (nSPS) is 21.0. The molecule has 32 heavy (non-hydrogen) atoms. The molecule has 2 aliphatic carbocycles. The molecule has 2 fully saturated rings. The number of carbonyl (C=O) groups is 1. The van der Waals surface area contributed by atoms with Crippen molar-refractivity contribution in [2.75, 3.05) is 5.32 Å². The number of pyridine rings is 1. The molecule has 2 aromatic carbocycles. The molecule has 5 nitrogen and oxygen atoms in total. The SMILES string of the molecule is N[C@H]1CC[C@H](Nc2c(C(=O)C3CC3)cnc3ccc(-c4cc(F)c(O)c(F)c4)cc23)CC1. The largest absolute Gasteiger partial charge is 0.503 e. The van der Waals surface area contributed by atoms with Crippen LogP contribution in [0.15, 0.2) is 36.5 Å². The molecular weight excluding hydrogens is 412 g/mol. The van der Waals surface area contributed by atoms with Crippen LogP contribution in [0.1, 0.15) is 48.9 Å². The Hall–Kier alpha value is -3.06. The molecule has 5 rings (SSSR count). The number of nitrogens with two attached hydrogens (primary N) is 1. The van der Waals surface area contributed by atoms with E-state index < -0.39 is 17.4 Å². The van der Waals surface area contributed by atoms with E-state index in [4.69, 9.17) is 5.73 Å². The van der Waals surface area contributed by atoms with Crippen molar-refractivity contribution in [2.24, 2.45) is 11.7 Å². The topological polar surface area (TPSA) is 88.2 Å². The molecule has 0 unspecified atom stereocenters. The quantitative estimate of drug-likeness (QED) is 0.480. The maximum Gasteiger partial charge on any atom is 0.187 e. The Morgan fingerprint density at radius 1 is 1.00 bits per heavy atom. The van der Waals surface area contributed by atoms with Gasteiger partial charge < -0.3 is 16.2 Å². The van der Waals surface area contributed by atoms with Crippen LogP contribution >= 0.6 is 0 Å². The van der Waals surface area contributed by atoms with Crippen molar-refractivity contribution >= 4 is 22.4 Å². The first-order valence-corrected chi connectivity index (χ1v) is 11.1. The third kappa shape index (κ3) is 3.93. The number of halogens is 2. The van der Waals surface area contributed by atoms with E-state index in [0.29, 0.717) is 22.2 Å². The molecule has 0 amide bonds. The predicted molar refractivity (Wildman–Crippen MR) is 120 cm³/mol. The van der Waals surface area contributed by atoms with Crippen molar-refractivity contribution in [1.82, 2.24) is 4.98 Å². The van der Waals surface area contributed by atoms with E-state index in [-0.39, 0.29) is 23.8 Å². The first kappa shape index (κ1) is 20.8. The Kier molecular flexibility index (Phi) is 5.29. The zero-order chi connectivity index (χ0) is 22.4. The minimum absolute atomic E-state index is 0.0399. The van der Waals surface area contributed by atoms with Gasteiger partial charge in [0.15, 0.2) is 23.2 Å². The molecule has 0 saturated heterocycles. The molecule has 0 aliphatic heterocycles. The summed E-state index contributed by atoms with van der Waals surface area (Å²) in [6.45, 7) is 0. The molecule has 2 saturated carbocycles. The van der Waals surface area contributed by atoms with Crippen molar-refractivity contribution in [3.63, 3.8) is 0 Å². The summed E-state index contributed by atoms with van der Waals surface area (Å²) in [5.41, 5.74) is 8.91. The molecule has 0 spiro atoms. The average molecular weight is 437 g/mol. The summed E-state index contributed by atoms with van der Waals surface area (Å²) >= 11 is 0. The van der Waals surface area contributed by atoms with Crippen LogP contribution in [0.3, 0.4) is 0 Å². The molecule has 0 bridgehead atoms. The number of nitrogens with one attached hydrogen (secondary N) is 1. The van der Waals surface area contributed by atoms with Crippen LogP contribution in [0, 0.1) is 17.6 Å². The van der Waals surface area contributed by atoms with Gasteiger partial charge in [-0.1, -0.05) is 6.07 Å². The second-order valence-electron chi connectivity index (χ2n) is 8.96. The van der Waals surface area contributed by atoms with Crippen LogP contribution in [-0.4, -0.2) is 28.0 Å². The fourth-order valence-corrected chi connectivity index (χ4v) is 4.48. The summed E-state index contributed by atoms with van der Waals surface area (Å²) in [4.78, 5) is 17.5. The van der Waals surface area contributed by atoms with Crippen molar-refractivity contribution < 1.29 is 18.7 Å². The standard InChI is InChI=1S/C25H25F2N3O2/c26-20-10-15(11-21(27)25(20)32)14-3-8-22-18(9-14)23(30-17-6-4-16(28)5-7-17)19(12-29-22)24(31)13-1-2-13/h3,8-13,16-17,32H,1-2,4-7,28H2,(H,29,30)/t16-,17-. The van der Waals surface area contributed by atoms with Crippen molar-refractivity contribution in [1.29, 1.82) is 0 Å². The number of aromatic hydroxyl groups is 1. The molecule has 2 aliphatic rings. The van der Waals surface area contributed by atoms with Crippen LogP contribution in [0.4, 0.5) is 14.5 Å². The first-order valence-electron chi connectivity index (χ1n) is 11.1. The number of rotatable bonds is 5. The van der Waals surface area contributed by atoms with Gasteiger partial charge in [0.25, 0.3) is 0 Å². The lowest BCUT2D eigenvalue weighted by molar-refractivity contribution is 0.0968. The molecule has 0 radical (unpaired) electrons. The van der Waals surface area contributed by atoms with E-state index in [1.807, 2.05) is 0 Å². The predicted octanol–water partition coefficient (Wildman–Crippen LogP) is 5.16. The van der Waals surface area contributed by atoms with Gasteiger partial charge in [-0.15, -0.1) is 0 Å². The number of hydrogen-bond acceptors (Lipinski definition) is 5. The number of hydrogen-bond donors (Lipinski definition) is 3. The van der Waals surface area contributed by atoms with E-state index in [1.165, 1.54) is 0 Å². The van der Waals surface area contributed by atoms with Crippen LogP contribution in [0.2, 0.25) is 0 Å². The Morgan fingerprint density at radius 3 is 2.34 bits per heavy atom. The average Bonchev–Trinajstić information content (AvgIpc) is 3.63. The zero-order valence-corrected chi connectivity index (χ0v) is 17.6. The third-order valence-corrected chi connectivity index (χ3v) is 6.55. The monoisotopic (exact) mass is 437 g/mol. The van der Waals surface area contributed by atoms with Gasteiger partial charge in [0, 0.05) is 29.6 Å². The van der Waals surface area contributed by atoms with E-state index in [1.54, 1.807) is 24.4 Å². The van der Waals surface area contributed by atoms with Gasteiger partial charge in [0.2, 0.25) is 0 Å².